The number of aromatic nitrogens is 3. The summed E-state index contributed by atoms with van der Waals surface area (Å²) in [5, 5.41) is 4.99. The zero-order valence-corrected chi connectivity index (χ0v) is 39.2. The first kappa shape index (κ1) is 44.4. The van der Waals surface area contributed by atoms with E-state index in [4.69, 9.17) is 9.97 Å². The summed E-state index contributed by atoms with van der Waals surface area (Å²) < 4.78 is 2.13. The van der Waals surface area contributed by atoms with Crippen LogP contribution in [0.2, 0.25) is 0 Å². The third kappa shape index (κ3) is 11.3. The van der Waals surface area contributed by atoms with E-state index in [2.05, 4.69) is 147 Å². The minimum Gasteiger partial charge on any atom is -0.654 e. The molecule has 7 aromatic carbocycles. The molecule has 4 heteroatoms. The van der Waals surface area contributed by atoms with Crippen molar-refractivity contribution in [2.24, 2.45) is 7.05 Å². The molecule has 0 fully saturated rings. The van der Waals surface area contributed by atoms with Gasteiger partial charge in [-0.05, 0) is 67.3 Å². The van der Waals surface area contributed by atoms with Gasteiger partial charge in [0.15, 0.2) is 0 Å². The number of para-hydroxylation sites is 2. The first-order valence-corrected chi connectivity index (χ1v) is 19.9. The maximum atomic E-state index is 5.19. The second-order valence-electron chi connectivity index (χ2n) is 16.8. The van der Waals surface area contributed by atoms with Crippen molar-refractivity contribution in [2.75, 3.05) is 0 Å². The fourth-order valence-corrected chi connectivity index (χ4v) is 6.76. The second kappa shape index (κ2) is 19.4. The molecule has 0 spiro atoms. The number of hydrogen-bond acceptors (Lipinski definition) is 1. The Labute approximate surface area is 371 Å². The molecule has 0 aliphatic heterocycles. The van der Waals surface area contributed by atoms with Crippen LogP contribution in [0.5, 0.6) is 0 Å². The van der Waals surface area contributed by atoms with Gasteiger partial charge < -0.3 is 9.55 Å². The van der Waals surface area contributed by atoms with Gasteiger partial charge in [0.1, 0.15) is 5.82 Å². The number of imidazole rings is 1. The molecule has 0 atom stereocenters. The van der Waals surface area contributed by atoms with E-state index in [1.54, 1.807) is 0 Å². The average molecular weight is 937 g/mol. The minimum absolute atomic E-state index is 0. The number of fused-ring (bicyclic) bond motifs is 3. The Morgan fingerprint density at radius 3 is 1.44 bits per heavy atom. The Kier molecular flexibility index (Phi) is 14.6. The van der Waals surface area contributed by atoms with E-state index in [0.717, 1.165) is 44.9 Å². The van der Waals surface area contributed by atoms with Crippen LogP contribution in [0.4, 0.5) is 0 Å². The van der Waals surface area contributed by atoms with Gasteiger partial charge >= 0.3 is 25.8 Å². The summed E-state index contributed by atoms with van der Waals surface area (Å²) in [5.41, 5.74) is 11.2. The van der Waals surface area contributed by atoms with E-state index in [9.17, 15) is 0 Å². The molecule has 0 aliphatic rings. The van der Waals surface area contributed by atoms with E-state index in [1.165, 1.54) is 38.2 Å². The van der Waals surface area contributed by atoms with Gasteiger partial charge in [0.25, 0.3) is 0 Å². The van der Waals surface area contributed by atoms with Crippen molar-refractivity contribution in [3.05, 3.63) is 218 Å². The third-order valence-corrected chi connectivity index (χ3v) is 10.1. The van der Waals surface area contributed by atoms with E-state index >= 15 is 0 Å². The van der Waals surface area contributed by atoms with Crippen LogP contribution in [0.25, 0.3) is 55.4 Å². The van der Waals surface area contributed by atoms with Crippen molar-refractivity contribution < 1.29 is 25.8 Å². The van der Waals surface area contributed by atoms with E-state index in [1.807, 2.05) is 97.1 Å². The minimum atomic E-state index is 0. The van der Waals surface area contributed by atoms with Crippen LogP contribution in [0.15, 0.2) is 170 Å². The molecule has 0 N–H and O–H groups in total. The van der Waals surface area contributed by atoms with E-state index < -0.39 is 0 Å². The molecule has 0 bridgehead atoms. The Morgan fingerprint density at radius 1 is 0.475 bits per heavy atom. The molecule has 0 amide bonds. The summed E-state index contributed by atoms with van der Waals surface area (Å²) in [4.78, 5) is 10.1. The van der Waals surface area contributed by atoms with Crippen molar-refractivity contribution in [2.45, 2.75) is 52.4 Å². The van der Waals surface area contributed by atoms with E-state index in [0.29, 0.717) is 0 Å². The summed E-state index contributed by atoms with van der Waals surface area (Å²) in [5.74, 6) is 0.891. The fraction of sp³-hybridized carbons (Fsp3) is 0.164. The third-order valence-electron chi connectivity index (χ3n) is 10.1. The van der Waals surface area contributed by atoms with Gasteiger partial charge in [-0.15, -0.1) is 42.1 Å². The Hall–Kier alpha value is -5.71. The van der Waals surface area contributed by atoms with Crippen molar-refractivity contribution in [1.82, 2.24) is 14.5 Å². The fourth-order valence-electron chi connectivity index (χ4n) is 6.76. The van der Waals surface area contributed by atoms with Gasteiger partial charge in [-0.3, -0.25) is 0 Å². The Morgan fingerprint density at radius 2 is 0.949 bits per heavy atom. The van der Waals surface area contributed by atoms with Crippen molar-refractivity contribution in [3.8, 4) is 22.8 Å². The molecule has 3 nitrogen and oxygen atoms in total. The summed E-state index contributed by atoms with van der Waals surface area (Å²) in [6, 6.07) is 58.3. The predicted octanol–water partition coefficient (Wildman–Crippen LogP) is 14.4. The first-order chi connectivity index (χ1) is 27.7. The van der Waals surface area contributed by atoms with Crippen molar-refractivity contribution in [1.29, 1.82) is 0 Å². The predicted molar refractivity (Wildman–Crippen MR) is 250 cm³/mol. The van der Waals surface area contributed by atoms with Crippen molar-refractivity contribution >= 4 is 32.6 Å². The largest absolute Gasteiger partial charge is 4.00 e. The SMILES string of the molecule is Cn1c(-c2ccc(-c3c4ccc(C(C)(C)C)cc4cc4ccc(C(C)(C)C)cc34)[n-]2)nc2ccccc21.[CH2-]c1ccccc1.[CH2-]c1ccccc1.[CH2-]c1ccccc1.[Hf+4]. The maximum Gasteiger partial charge on any atom is 4.00 e. The topological polar surface area (TPSA) is 31.9 Å². The number of rotatable bonds is 2. The monoisotopic (exact) mass is 937 g/mol. The number of aryl methyl sites for hydroxylation is 1. The van der Waals surface area contributed by atoms with Crippen LogP contribution in [0, 0.1) is 20.8 Å². The molecule has 59 heavy (non-hydrogen) atoms. The molecule has 294 valence electrons. The number of benzene rings is 7. The van der Waals surface area contributed by atoms with Gasteiger partial charge in [0.2, 0.25) is 0 Å². The Balaban J connectivity index is 0.000000243. The number of hydrogen-bond donors (Lipinski definition) is 0. The molecule has 0 saturated heterocycles. The summed E-state index contributed by atoms with van der Waals surface area (Å²) in [6.07, 6.45) is 0. The van der Waals surface area contributed by atoms with Gasteiger partial charge in [0.05, 0.1) is 11.0 Å². The molecule has 2 aromatic heterocycles. The molecule has 0 aliphatic carbocycles. The van der Waals surface area contributed by atoms with Crippen LogP contribution in [0.3, 0.4) is 0 Å². The van der Waals surface area contributed by atoms with Gasteiger partial charge in [-0.25, -0.2) is 4.98 Å². The summed E-state index contributed by atoms with van der Waals surface area (Å²) >= 11 is 0. The molecular formula is C55H55HfN3. The second-order valence-corrected chi connectivity index (χ2v) is 16.8. The van der Waals surface area contributed by atoms with Crippen molar-refractivity contribution in [3.63, 3.8) is 0 Å². The van der Waals surface area contributed by atoms with Gasteiger partial charge in [-0.2, -0.15) is 73.9 Å². The molecule has 9 aromatic rings. The molecule has 0 saturated carbocycles. The number of nitrogens with zero attached hydrogens (tertiary/aromatic N) is 3. The van der Waals surface area contributed by atoms with Gasteiger partial charge in [0, 0.05) is 7.05 Å². The normalized spacial score (nSPS) is 11.0. The van der Waals surface area contributed by atoms with Crippen LogP contribution in [-0.2, 0) is 43.7 Å². The Bertz CT molecular complexity index is 2620. The molecule has 2 heterocycles. The summed E-state index contributed by atoms with van der Waals surface area (Å²) in [7, 11) is 2.07. The first-order valence-electron chi connectivity index (χ1n) is 19.9. The van der Waals surface area contributed by atoms with Crippen LogP contribution < -0.4 is 4.98 Å². The molecule has 9 rings (SSSR count). The zero-order chi connectivity index (χ0) is 41.5. The zero-order valence-electron chi connectivity index (χ0n) is 35.6. The molecule has 0 radical (unpaired) electrons. The van der Waals surface area contributed by atoms with Gasteiger partial charge in [-0.1, -0.05) is 126 Å². The van der Waals surface area contributed by atoms with E-state index in [-0.39, 0.29) is 36.7 Å². The smallest absolute Gasteiger partial charge is 0.654 e. The summed E-state index contributed by atoms with van der Waals surface area (Å²) in [6.45, 7) is 24.8. The molecular weight excluding hydrogens is 881 g/mol. The maximum absolute atomic E-state index is 5.19. The van der Waals surface area contributed by atoms with Crippen LogP contribution in [-0.4, -0.2) is 9.55 Å². The van der Waals surface area contributed by atoms with Crippen LogP contribution >= 0.6 is 0 Å². The standard InChI is InChI=1S/C34H34N3.3C7H7.Hf/c1-33(2,3)23-14-15-25-22(19-23)18-21-12-13-24(34(4,5)6)20-26(21)31(25)28-16-17-29(35-28)32-36-27-10-8-9-11-30(27)37(32)7;3*1-7-5-3-2-4-6-7;/h8-20H,1-7H3;3*2-6H,1H2;/q4*-1;+4. The quantitative estimate of drug-likeness (QED) is 0.0983. The van der Waals surface area contributed by atoms with Crippen LogP contribution in [0.1, 0.15) is 69.4 Å². The average Bonchev–Trinajstić information content (AvgIpc) is 3.82. The molecule has 0 unspecified atom stereocenters.